The number of nitrogens with one attached hydrogen (secondary N) is 1. The third-order valence-corrected chi connectivity index (χ3v) is 5.40. The first-order valence-corrected chi connectivity index (χ1v) is 8.36. The second-order valence-electron chi connectivity index (χ2n) is 4.86. The highest BCUT2D eigenvalue weighted by atomic mass is 32.1. The standard InChI is InChI=1S/C15H22N2S2/c1-12-6-7-14(19-12)11-16-8-9-17(3)13(2)15-5-4-10-18-15/h4-7,10,13,16H,8-9,11H2,1-3H3. The van der Waals surface area contributed by atoms with Crippen LogP contribution in [0.4, 0.5) is 0 Å². The minimum Gasteiger partial charge on any atom is -0.311 e. The Morgan fingerprint density at radius 3 is 2.79 bits per heavy atom. The van der Waals surface area contributed by atoms with Crippen LogP contribution in [0.2, 0.25) is 0 Å². The summed E-state index contributed by atoms with van der Waals surface area (Å²) in [6.45, 7) is 7.52. The Morgan fingerprint density at radius 1 is 1.32 bits per heavy atom. The quantitative estimate of drug-likeness (QED) is 0.779. The first-order chi connectivity index (χ1) is 9.16. The zero-order chi connectivity index (χ0) is 13.7. The maximum atomic E-state index is 3.52. The van der Waals surface area contributed by atoms with E-state index in [1.807, 2.05) is 22.7 Å². The summed E-state index contributed by atoms with van der Waals surface area (Å²) in [5.41, 5.74) is 0. The molecule has 0 aromatic carbocycles. The van der Waals surface area contributed by atoms with Gasteiger partial charge in [-0.1, -0.05) is 6.07 Å². The number of aryl methyl sites for hydroxylation is 1. The van der Waals surface area contributed by atoms with Crippen molar-refractivity contribution in [3.8, 4) is 0 Å². The summed E-state index contributed by atoms with van der Waals surface area (Å²) in [6, 6.07) is 9.25. The highest BCUT2D eigenvalue weighted by molar-refractivity contribution is 7.11. The third-order valence-electron chi connectivity index (χ3n) is 3.35. The Morgan fingerprint density at radius 2 is 2.16 bits per heavy atom. The van der Waals surface area contributed by atoms with Crippen molar-refractivity contribution < 1.29 is 0 Å². The van der Waals surface area contributed by atoms with Gasteiger partial charge < -0.3 is 5.32 Å². The molecule has 0 aliphatic heterocycles. The number of likely N-dealkylation sites (N-methyl/N-ethyl adjacent to an activating group) is 1. The van der Waals surface area contributed by atoms with E-state index in [1.165, 1.54) is 14.6 Å². The minimum atomic E-state index is 0.505. The Hall–Kier alpha value is -0.680. The summed E-state index contributed by atoms with van der Waals surface area (Å²) < 4.78 is 0. The maximum Gasteiger partial charge on any atom is 0.0410 e. The number of thiophene rings is 2. The van der Waals surface area contributed by atoms with Gasteiger partial charge in [-0.2, -0.15) is 0 Å². The predicted octanol–water partition coefficient (Wildman–Crippen LogP) is 3.90. The van der Waals surface area contributed by atoms with Crippen LogP contribution in [0, 0.1) is 6.92 Å². The molecule has 1 unspecified atom stereocenters. The van der Waals surface area contributed by atoms with E-state index in [-0.39, 0.29) is 0 Å². The highest BCUT2D eigenvalue weighted by Crippen LogP contribution is 2.22. The van der Waals surface area contributed by atoms with Crippen LogP contribution in [-0.2, 0) is 6.54 Å². The zero-order valence-electron chi connectivity index (χ0n) is 11.8. The molecule has 2 heterocycles. The van der Waals surface area contributed by atoms with Crippen molar-refractivity contribution in [3.63, 3.8) is 0 Å². The van der Waals surface area contributed by atoms with Gasteiger partial charge in [0.05, 0.1) is 0 Å². The minimum absolute atomic E-state index is 0.505. The molecule has 2 aromatic rings. The van der Waals surface area contributed by atoms with Crippen LogP contribution < -0.4 is 5.32 Å². The van der Waals surface area contributed by atoms with Gasteiger partial charge in [-0.15, -0.1) is 22.7 Å². The monoisotopic (exact) mass is 294 g/mol. The molecule has 0 spiro atoms. The molecule has 0 radical (unpaired) electrons. The summed E-state index contributed by atoms with van der Waals surface area (Å²) in [5, 5.41) is 5.67. The van der Waals surface area contributed by atoms with Crippen LogP contribution in [0.3, 0.4) is 0 Å². The predicted molar refractivity (Wildman–Crippen MR) is 86.1 cm³/mol. The second kappa shape index (κ2) is 7.20. The van der Waals surface area contributed by atoms with Crippen molar-refractivity contribution in [2.75, 3.05) is 20.1 Å². The Kier molecular flexibility index (Phi) is 5.58. The lowest BCUT2D eigenvalue weighted by Gasteiger charge is -2.23. The molecule has 104 valence electrons. The van der Waals surface area contributed by atoms with E-state index < -0.39 is 0 Å². The van der Waals surface area contributed by atoms with E-state index >= 15 is 0 Å². The van der Waals surface area contributed by atoms with E-state index in [1.54, 1.807) is 0 Å². The maximum absolute atomic E-state index is 3.52. The molecule has 2 aromatic heterocycles. The molecule has 0 saturated carbocycles. The average Bonchev–Trinajstić information content (AvgIpc) is 3.05. The molecule has 0 aliphatic carbocycles. The normalized spacial score (nSPS) is 13.1. The van der Waals surface area contributed by atoms with Gasteiger partial charge >= 0.3 is 0 Å². The van der Waals surface area contributed by atoms with E-state index in [9.17, 15) is 0 Å². The van der Waals surface area contributed by atoms with Gasteiger partial charge in [0.1, 0.15) is 0 Å². The first-order valence-electron chi connectivity index (χ1n) is 6.66. The van der Waals surface area contributed by atoms with Gasteiger partial charge in [-0.05, 0) is 44.5 Å². The average molecular weight is 294 g/mol. The highest BCUT2D eigenvalue weighted by Gasteiger charge is 2.11. The summed E-state index contributed by atoms with van der Waals surface area (Å²) in [5.74, 6) is 0. The van der Waals surface area contributed by atoms with Gasteiger partial charge in [0, 0.05) is 40.3 Å². The smallest absolute Gasteiger partial charge is 0.0410 e. The molecule has 0 amide bonds. The van der Waals surface area contributed by atoms with E-state index in [0.717, 1.165) is 19.6 Å². The van der Waals surface area contributed by atoms with Gasteiger partial charge in [0.2, 0.25) is 0 Å². The molecule has 0 bridgehead atoms. The third kappa shape index (κ3) is 4.42. The topological polar surface area (TPSA) is 15.3 Å². The summed E-state index contributed by atoms with van der Waals surface area (Å²) in [6.07, 6.45) is 0. The molecule has 2 rings (SSSR count). The number of nitrogens with zero attached hydrogens (tertiary/aromatic N) is 1. The molecule has 19 heavy (non-hydrogen) atoms. The van der Waals surface area contributed by atoms with Gasteiger partial charge in [0.15, 0.2) is 0 Å². The molecule has 1 atom stereocenters. The Labute approximate surface area is 124 Å². The van der Waals surface area contributed by atoms with Crippen LogP contribution in [0.15, 0.2) is 29.6 Å². The van der Waals surface area contributed by atoms with Crippen LogP contribution in [0.25, 0.3) is 0 Å². The summed E-state index contributed by atoms with van der Waals surface area (Å²) in [4.78, 5) is 6.65. The first kappa shape index (κ1) is 14.7. The largest absolute Gasteiger partial charge is 0.311 e. The molecule has 1 N–H and O–H groups in total. The molecule has 0 aliphatic rings. The molecule has 4 heteroatoms. The van der Waals surface area contributed by atoms with E-state index in [0.29, 0.717) is 6.04 Å². The Balaban J connectivity index is 1.68. The lowest BCUT2D eigenvalue weighted by Crippen LogP contribution is -2.30. The Bertz CT molecular complexity index is 476. The zero-order valence-corrected chi connectivity index (χ0v) is 13.5. The van der Waals surface area contributed by atoms with Crippen molar-refractivity contribution in [1.82, 2.24) is 10.2 Å². The molecule has 0 saturated heterocycles. The molecule has 2 nitrogen and oxygen atoms in total. The van der Waals surface area contributed by atoms with Crippen LogP contribution in [0.5, 0.6) is 0 Å². The van der Waals surface area contributed by atoms with Crippen LogP contribution in [0.1, 0.15) is 27.6 Å². The fraction of sp³-hybridized carbons (Fsp3) is 0.467. The SMILES string of the molecule is Cc1ccc(CNCCN(C)C(C)c2cccs2)s1. The van der Waals surface area contributed by atoms with Crippen LogP contribution >= 0.6 is 22.7 Å². The number of hydrogen-bond acceptors (Lipinski definition) is 4. The molecular formula is C15H22N2S2. The van der Waals surface area contributed by atoms with Gasteiger partial charge in [-0.3, -0.25) is 4.90 Å². The van der Waals surface area contributed by atoms with Crippen LogP contribution in [-0.4, -0.2) is 25.0 Å². The number of rotatable bonds is 7. The summed E-state index contributed by atoms with van der Waals surface area (Å²) in [7, 11) is 2.20. The van der Waals surface area contributed by atoms with Crippen molar-refractivity contribution in [3.05, 3.63) is 44.3 Å². The van der Waals surface area contributed by atoms with E-state index in [2.05, 4.69) is 60.8 Å². The summed E-state index contributed by atoms with van der Waals surface area (Å²) >= 11 is 3.71. The van der Waals surface area contributed by atoms with Gasteiger partial charge in [0.25, 0.3) is 0 Å². The molecular weight excluding hydrogens is 272 g/mol. The fourth-order valence-corrected chi connectivity index (χ4v) is 3.70. The second-order valence-corrected chi connectivity index (χ2v) is 7.21. The lowest BCUT2D eigenvalue weighted by atomic mass is 10.2. The van der Waals surface area contributed by atoms with Crippen molar-refractivity contribution in [2.45, 2.75) is 26.4 Å². The number of hydrogen-bond donors (Lipinski definition) is 1. The van der Waals surface area contributed by atoms with Crippen molar-refractivity contribution >= 4 is 22.7 Å². The van der Waals surface area contributed by atoms with E-state index in [4.69, 9.17) is 0 Å². The molecule has 0 fully saturated rings. The van der Waals surface area contributed by atoms with Crippen molar-refractivity contribution in [2.24, 2.45) is 0 Å². The fourth-order valence-electron chi connectivity index (χ4n) is 1.99. The lowest BCUT2D eigenvalue weighted by molar-refractivity contribution is 0.264. The van der Waals surface area contributed by atoms with Gasteiger partial charge in [-0.25, -0.2) is 0 Å². The van der Waals surface area contributed by atoms with Crippen molar-refractivity contribution in [1.29, 1.82) is 0 Å².